The van der Waals surface area contributed by atoms with Crippen molar-refractivity contribution < 1.29 is 9.90 Å². The van der Waals surface area contributed by atoms with E-state index in [-0.39, 0.29) is 36.8 Å². The molecule has 150 valence electrons. The molecule has 1 fully saturated rings. The molecule has 9 heteroatoms. The number of benzene rings is 2. The van der Waals surface area contributed by atoms with Gasteiger partial charge in [0.1, 0.15) is 0 Å². The number of aromatic nitrogens is 1. The highest BCUT2D eigenvalue weighted by Crippen LogP contribution is 2.29. The standard InChI is InChI=1S/C19H20N4O2S.2ClH/c20-19-23-15-9-13(5-6-17(15)26-19)11-1-3-12(4-2-11)18(25)22-14-7-8-21-10-16(14)24;;/h1-6,9,14,16,21,24H,7-8,10H2,(H2,20,23)(H,22,25);2*1H/t14-,16-;;/m1../s1. The largest absolute Gasteiger partial charge is 0.390 e. The van der Waals surface area contributed by atoms with Gasteiger partial charge >= 0.3 is 0 Å². The van der Waals surface area contributed by atoms with Crippen molar-refractivity contribution in [2.45, 2.75) is 18.6 Å². The first kappa shape index (κ1) is 22.4. The minimum absolute atomic E-state index is 0. The number of carbonyl (C=O) groups is 1. The van der Waals surface area contributed by atoms with Crippen LogP contribution in [0, 0.1) is 0 Å². The number of nitrogens with one attached hydrogen (secondary N) is 2. The summed E-state index contributed by atoms with van der Waals surface area (Å²) in [6.45, 7) is 1.30. The molecular formula is C19H22Cl2N4O2S. The summed E-state index contributed by atoms with van der Waals surface area (Å²) in [5.74, 6) is -0.162. The minimum atomic E-state index is -0.552. The van der Waals surface area contributed by atoms with Gasteiger partial charge in [-0.1, -0.05) is 29.5 Å². The maximum Gasteiger partial charge on any atom is 0.251 e. The number of aliphatic hydroxyl groups is 1. The third kappa shape index (κ3) is 4.74. The molecule has 2 heterocycles. The van der Waals surface area contributed by atoms with Crippen LogP contribution in [0.1, 0.15) is 16.8 Å². The molecule has 2 atom stereocenters. The number of amides is 1. The molecule has 1 saturated heterocycles. The van der Waals surface area contributed by atoms with E-state index in [0.29, 0.717) is 17.2 Å². The number of carbonyl (C=O) groups excluding carboxylic acids is 1. The molecule has 1 aromatic heterocycles. The lowest BCUT2D eigenvalue weighted by atomic mass is 10.0. The molecule has 5 N–H and O–H groups in total. The van der Waals surface area contributed by atoms with Crippen LogP contribution in [-0.2, 0) is 0 Å². The van der Waals surface area contributed by atoms with Crippen LogP contribution < -0.4 is 16.4 Å². The van der Waals surface area contributed by atoms with E-state index in [4.69, 9.17) is 5.73 Å². The number of rotatable bonds is 3. The first-order valence-corrected chi connectivity index (χ1v) is 9.38. The van der Waals surface area contributed by atoms with Crippen LogP contribution in [0.5, 0.6) is 0 Å². The number of nitrogen functional groups attached to an aromatic ring is 1. The summed E-state index contributed by atoms with van der Waals surface area (Å²) in [5, 5.41) is 16.5. The van der Waals surface area contributed by atoms with Gasteiger partial charge in [-0.2, -0.15) is 0 Å². The molecule has 1 aliphatic heterocycles. The van der Waals surface area contributed by atoms with E-state index >= 15 is 0 Å². The summed E-state index contributed by atoms with van der Waals surface area (Å²) >= 11 is 1.47. The molecule has 3 aromatic rings. The Labute approximate surface area is 179 Å². The van der Waals surface area contributed by atoms with Gasteiger partial charge in [-0.3, -0.25) is 4.79 Å². The molecule has 4 rings (SSSR count). The highest BCUT2D eigenvalue weighted by Gasteiger charge is 2.24. The number of fused-ring (bicyclic) bond motifs is 1. The van der Waals surface area contributed by atoms with Crippen LogP contribution in [0.25, 0.3) is 21.3 Å². The Balaban J connectivity index is 0.00000140. The number of nitrogens with zero attached hydrogens (tertiary/aromatic N) is 1. The molecule has 6 nitrogen and oxygen atoms in total. The molecule has 0 saturated carbocycles. The average Bonchev–Trinajstić information content (AvgIpc) is 3.03. The van der Waals surface area contributed by atoms with Gasteiger partial charge in [-0.05, 0) is 48.4 Å². The van der Waals surface area contributed by atoms with E-state index in [1.807, 2.05) is 30.3 Å². The lowest BCUT2D eigenvalue weighted by Crippen LogP contribution is -2.52. The number of hydrogen-bond donors (Lipinski definition) is 4. The van der Waals surface area contributed by atoms with Crippen molar-refractivity contribution in [3.63, 3.8) is 0 Å². The Bertz CT molecular complexity index is 949. The van der Waals surface area contributed by atoms with E-state index in [9.17, 15) is 9.90 Å². The molecule has 0 bridgehead atoms. The van der Waals surface area contributed by atoms with E-state index < -0.39 is 6.10 Å². The third-order valence-electron chi connectivity index (χ3n) is 4.65. The fourth-order valence-corrected chi connectivity index (χ4v) is 3.92. The SMILES string of the molecule is Cl.Cl.Nc1nc2cc(-c3ccc(C(=O)N[C@@H]4CCNC[C@H]4O)cc3)ccc2s1. The Morgan fingerprint density at radius 3 is 2.61 bits per heavy atom. The van der Waals surface area contributed by atoms with Gasteiger partial charge in [0.15, 0.2) is 5.13 Å². The zero-order valence-electron chi connectivity index (χ0n) is 14.9. The Kier molecular flexibility index (Phi) is 7.63. The number of anilines is 1. The summed E-state index contributed by atoms with van der Waals surface area (Å²) in [6.07, 6.45) is 0.172. The molecule has 0 spiro atoms. The first-order valence-electron chi connectivity index (χ1n) is 8.56. The maximum atomic E-state index is 12.4. The Morgan fingerprint density at radius 1 is 1.18 bits per heavy atom. The van der Waals surface area contributed by atoms with Crippen LogP contribution in [0.4, 0.5) is 5.13 Å². The van der Waals surface area contributed by atoms with Crippen LogP contribution in [-0.4, -0.2) is 41.2 Å². The zero-order valence-corrected chi connectivity index (χ0v) is 17.4. The summed E-state index contributed by atoms with van der Waals surface area (Å²) in [5.41, 5.74) is 9.27. The maximum absolute atomic E-state index is 12.4. The van der Waals surface area contributed by atoms with E-state index in [2.05, 4.69) is 15.6 Å². The van der Waals surface area contributed by atoms with Crippen LogP contribution in [0.3, 0.4) is 0 Å². The number of nitrogens with two attached hydrogens (primary N) is 1. The van der Waals surface area contributed by atoms with E-state index in [1.165, 1.54) is 11.3 Å². The Morgan fingerprint density at radius 2 is 1.89 bits per heavy atom. The smallest absolute Gasteiger partial charge is 0.251 e. The van der Waals surface area contributed by atoms with Crippen molar-refractivity contribution in [2.24, 2.45) is 0 Å². The fourth-order valence-electron chi connectivity index (χ4n) is 3.20. The van der Waals surface area contributed by atoms with Gasteiger partial charge in [-0.25, -0.2) is 4.98 Å². The second-order valence-electron chi connectivity index (χ2n) is 6.45. The molecule has 2 aromatic carbocycles. The van der Waals surface area contributed by atoms with Crippen molar-refractivity contribution in [2.75, 3.05) is 18.8 Å². The topological polar surface area (TPSA) is 100 Å². The molecule has 28 heavy (non-hydrogen) atoms. The molecule has 1 aliphatic rings. The van der Waals surface area contributed by atoms with Crippen LogP contribution in [0.2, 0.25) is 0 Å². The molecule has 1 amide bonds. The van der Waals surface area contributed by atoms with Crippen molar-refractivity contribution in [1.82, 2.24) is 15.6 Å². The number of β-amino-alcohol motifs (C(OH)–C–C–N with tert-alkyl or cyclic N) is 1. The lowest BCUT2D eigenvalue weighted by Gasteiger charge is -2.29. The van der Waals surface area contributed by atoms with Crippen molar-refractivity contribution in [3.8, 4) is 11.1 Å². The number of halogens is 2. The van der Waals surface area contributed by atoms with Gasteiger partial charge in [0.25, 0.3) is 5.91 Å². The zero-order chi connectivity index (χ0) is 18.1. The normalized spacial score (nSPS) is 18.8. The quantitative estimate of drug-likeness (QED) is 0.501. The number of thiazole rings is 1. The molecule has 0 aliphatic carbocycles. The average molecular weight is 441 g/mol. The Hall–Kier alpha value is -1.90. The third-order valence-corrected chi connectivity index (χ3v) is 5.52. The van der Waals surface area contributed by atoms with E-state index in [1.54, 1.807) is 12.1 Å². The van der Waals surface area contributed by atoms with Gasteiger partial charge in [-0.15, -0.1) is 24.8 Å². The van der Waals surface area contributed by atoms with Crippen molar-refractivity contribution in [1.29, 1.82) is 0 Å². The highest BCUT2D eigenvalue weighted by atomic mass is 35.5. The first-order chi connectivity index (χ1) is 12.6. The number of aliphatic hydroxyl groups excluding tert-OH is 1. The van der Waals surface area contributed by atoms with Crippen LogP contribution >= 0.6 is 36.2 Å². The second-order valence-corrected chi connectivity index (χ2v) is 7.51. The van der Waals surface area contributed by atoms with Crippen molar-refractivity contribution >= 4 is 57.4 Å². The summed E-state index contributed by atoms with van der Waals surface area (Å²) < 4.78 is 1.06. The van der Waals surface area contributed by atoms with Gasteiger partial charge in [0, 0.05) is 12.1 Å². The molecule has 0 radical (unpaired) electrons. The molecular weight excluding hydrogens is 419 g/mol. The van der Waals surface area contributed by atoms with Crippen molar-refractivity contribution in [3.05, 3.63) is 48.0 Å². The van der Waals surface area contributed by atoms with Gasteiger partial charge in [0.2, 0.25) is 0 Å². The highest BCUT2D eigenvalue weighted by molar-refractivity contribution is 7.22. The van der Waals surface area contributed by atoms with E-state index in [0.717, 1.165) is 34.3 Å². The van der Waals surface area contributed by atoms with Gasteiger partial charge < -0.3 is 21.5 Å². The summed E-state index contributed by atoms with van der Waals surface area (Å²) in [6, 6.07) is 13.3. The predicted molar refractivity (Wildman–Crippen MR) is 119 cm³/mol. The van der Waals surface area contributed by atoms with Gasteiger partial charge in [0.05, 0.1) is 22.4 Å². The second kappa shape index (κ2) is 9.54. The minimum Gasteiger partial charge on any atom is -0.390 e. The number of hydrogen-bond acceptors (Lipinski definition) is 6. The lowest BCUT2D eigenvalue weighted by molar-refractivity contribution is 0.0765. The number of piperidine rings is 1. The monoisotopic (exact) mass is 440 g/mol. The predicted octanol–water partition coefficient (Wildman–Crippen LogP) is 2.84. The summed E-state index contributed by atoms with van der Waals surface area (Å²) in [4.78, 5) is 16.7. The molecule has 0 unspecified atom stereocenters. The fraction of sp³-hybridized carbons (Fsp3) is 0.263. The van der Waals surface area contributed by atoms with Crippen LogP contribution in [0.15, 0.2) is 42.5 Å². The summed E-state index contributed by atoms with van der Waals surface area (Å²) in [7, 11) is 0.